The molecule has 0 bridgehead atoms. The zero-order chi connectivity index (χ0) is 13.2. The van der Waals surface area contributed by atoms with Gasteiger partial charge in [-0.1, -0.05) is 19.3 Å². The predicted octanol–water partition coefficient (Wildman–Crippen LogP) is 3.12. The molecule has 0 radical (unpaired) electrons. The summed E-state index contributed by atoms with van der Waals surface area (Å²) < 4.78 is 0. The van der Waals surface area contributed by atoms with Gasteiger partial charge in [-0.25, -0.2) is 0 Å². The number of nitrogens with zero attached hydrogens (tertiary/aromatic N) is 2. The van der Waals surface area contributed by atoms with E-state index in [1.807, 2.05) is 13.1 Å². The van der Waals surface area contributed by atoms with Crippen LogP contribution in [0, 0.1) is 11.8 Å². The highest BCUT2D eigenvalue weighted by molar-refractivity contribution is 5.45. The lowest BCUT2D eigenvalue weighted by molar-refractivity contribution is 0.202. The molecular formula is C16H25N3. The van der Waals surface area contributed by atoms with Gasteiger partial charge in [-0.05, 0) is 43.7 Å². The van der Waals surface area contributed by atoms with E-state index >= 15 is 0 Å². The summed E-state index contributed by atoms with van der Waals surface area (Å²) in [6.07, 6.45) is 9.12. The maximum atomic E-state index is 5.85. The molecule has 2 aliphatic rings. The van der Waals surface area contributed by atoms with Crippen LogP contribution in [0.3, 0.4) is 0 Å². The smallest absolute Gasteiger partial charge is 0.0569 e. The van der Waals surface area contributed by atoms with Gasteiger partial charge in [0.25, 0.3) is 0 Å². The summed E-state index contributed by atoms with van der Waals surface area (Å²) in [5.41, 5.74) is 8.11. The van der Waals surface area contributed by atoms with Gasteiger partial charge in [0.15, 0.2) is 0 Å². The van der Waals surface area contributed by atoms with E-state index in [9.17, 15) is 0 Å². The fraction of sp³-hybridized carbons (Fsp3) is 0.688. The van der Waals surface area contributed by atoms with E-state index in [2.05, 4.69) is 22.0 Å². The van der Waals surface area contributed by atoms with Gasteiger partial charge in [0.05, 0.1) is 17.6 Å². The summed E-state index contributed by atoms with van der Waals surface area (Å²) in [4.78, 5) is 7.01. The minimum atomic E-state index is 0.0260. The first-order chi connectivity index (χ1) is 9.24. The van der Waals surface area contributed by atoms with Gasteiger partial charge in [0, 0.05) is 19.1 Å². The van der Waals surface area contributed by atoms with Crippen molar-refractivity contribution in [1.82, 2.24) is 4.98 Å². The Labute approximate surface area is 116 Å². The lowest BCUT2D eigenvalue weighted by Gasteiger charge is -2.42. The number of fused-ring (bicyclic) bond motifs is 1. The first kappa shape index (κ1) is 12.9. The molecule has 19 heavy (non-hydrogen) atoms. The molecule has 1 aliphatic heterocycles. The van der Waals surface area contributed by atoms with Gasteiger partial charge in [-0.2, -0.15) is 0 Å². The molecule has 3 heteroatoms. The second kappa shape index (κ2) is 5.49. The van der Waals surface area contributed by atoms with Gasteiger partial charge < -0.3 is 10.6 Å². The molecule has 2 N–H and O–H groups in total. The van der Waals surface area contributed by atoms with Gasteiger partial charge in [0.1, 0.15) is 0 Å². The van der Waals surface area contributed by atoms with Crippen LogP contribution in [0.15, 0.2) is 18.3 Å². The topological polar surface area (TPSA) is 42.1 Å². The van der Waals surface area contributed by atoms with Crippen LogP contribution in [0.5, 0.6) is 0 Å². The summed E-state index contributed by atoms with van der Waals surface area (Å²) in [5, 5.41) is 0. The van der Waals surface area contributed by atoms with Crippen molar-refractivity contribution in [3.63, 3.8) is 0 Å². The molecule has 0 spiro atoms. The third-order valence-corrected chi connectivity index (χ3v) is 4.89. The van der Waals surface area contributed by atoms with E-state index in [-0.39, 0.29) is 6.04 Å². The van der Waals surface area contributed by atoms with Crippen molar-refractivity contribution in [2.45, 2.75) is 45.1 Å². The second-order valence-electron chi connectivity index (χ2n) is 6.27. The number of nitrogens with two attached hydrogens (primary N) is 1. The molecule has 1 saturated carbocycles. The molecule has 2 unspecified atom stereocenters. The van der Waals surface area contributed by atoms with Crippen LogP contribution in [0.4, 0.5) is 5.69 Å². The average molecular weight is 259 g/mol. The zero-order valence-corrected chi connectivity index (χ0v) is 11.9. The van der Waals surface area contributed by atoms with Crippen molar-refractivity contribution in [1.29, 1.82) is 0 Å². The highest BCUT2D eigenvalue weighted by Gasteiger charge is 2.31. The van der Waals surface area contributed by atoms with Crippen molar-refractivity contribution in [2.75, 3.05) is 18.0 Å². The molecule has 1 saturated heterocycles. The normalized spacial score (nSPS) is 28.8. The number of aromatic nitrogens is 1. The number of anilines is 1. The fourth-order valence-corrected chi connectivity index (χ4v) is 3.69. The third-order valence-electron chi connectivity index (χ3n) is 4.89. The van der Waals surface area contributed by atoms with Gasteiger partial charge in [-0.15, -0.1) is 0 Å². The van der Waals surface area contributed by atoms with E-state index in [1.165, 1.54) is 50.9 Å². The van der Waals surface area contributed by atoms with Crippen molar-refractivity contribution in [3.8, 4) is 0 Å². The molecule has 0 amide bonds. The molecule has 3 rings (SSSR count). The summed E-state index contributed by atoms with van der Waals surface area (Å²) in [6, 6.07) is 4.29. The lowest BCUT2D eigenvalue weighted by atomic mass is 9.75. The Morgan fingerprint density at radius 2 is 2.00 bits per heavy atom. The number of piperidine rings is 1. The molecule has 3 atom stereocenters. The van der Waals surface area contributed by atoms with E-state index in [0.29, 0.717) is 0 Å². The van der Waals surface area contributed by atoms with Crippen molar-refractivity contribution >= 4 is 5.69 Å². The van der Waals surface area contributed by atoms with Crippen LogP contribution in [-0.4, -0.2) is 18.1 Å². The Hall–Kier alpha value is -1.09. The number of pyridine rings is 1. The summed E-state index contributed by atoms with van der Waals surface area (Å²) in [6.45, 7) is 4.40. The number of hydrogen-bond donors (Lipinski definition) is 1. The predicted molar refractivity (Wildman–Crippen MR) is 79.1 cm³/mol. The molecule has 0 aromatic carbocycles. The minimum absolute atomic E-state index is 0.0260. The standard InChI is InChI=1S/C16H25N3/c1-12(17)16-7-6-15(10-18-16)19-9-8-13-4-2-3-5-14(13)11-19/h6-7,10,12-14H,2-5,8-9,11,17H2,1H3/t12-,13?,14?/m0/s1. The Morgan fingerprint density at radius 3 is 2.68 bits per heavy atom. The van der Waals surface area contributed by atoms with Crippen LogP contribution in [0.25, 0.3) is 0 Å². The van der Waals surface area contributed by atoms with Crippen molar-refractivity contribution in [2.24, 2.45) is 17.6 Å². The zero-order valence-electron chi connectivity index (χ0n) is 11.9. The van der Waals surface area contributed by atoms with Crippen LogP contribution in [-0.2, 0) is 0 Å². The Morgan fingerprint density at radius 1 is 1.21 bits per heavy atom. The largest absolute Gasteiger partial charge is 0.370 e. The van der Waals surface area contributed by atoms with Crippen LogP contribution >= 0.6 is 0 Å². The van der Waals surface area contributed by atoms with E-state index in [1.54, 1.807) is 0 Å². The number of hydrogen-bond acceptors (Lipinski definition) is 3. The maximum absolute atomic E-state index is 5.85. The second-order valence-corrected chi connectivity index (χ2v) is 6.27. The number of rotatable bonds is 2. The minimum Gasteiger partial charge on any atom is -0.370 e. The summed E-state index contributed by atoms with van der Waals surface area (Å²) >= 11 is 0. The molecule has 1 aromatic heterocycles. The summed E-state index contributed by atoms with van der Waals surface area (Å²) in [5.74, 6) is 1.90. The van der Waals surface area contributed by atoms with Gasteiger partial charge in [-0.3, -0.25) is 4.98 Å². The Bertz CT molecular complexity index is 413. The fourth-order valence-electron chi connectivity index (χ4n) is 3.69. The molecular weight excluding hydrogens is 234 g/mol. The molecule has 2 fully saturated rings. The lowest BCUT2D eigenvalue weighted by Crippen LogP contribution is -2.41. The van der Waals surface area contributed by atoms with Gasteiger partial charge >= 0.3 is 0 Å². The monoisotopic (exact) mass is 259 g/mol. The molecule has 1 aromatic rings. The average Bonchev–Trinajstić information content (AvgIpc) is 2.47. The molecule has 3 nitrogen and oxygen atoms in total. The quantitative estimate of drug-likeness (QED) is 0.887. The first-order valence-corrected chi connectivity index (χ1v) is 7.70. The van der Waals surface area contributed by atoms with Crippen molar-refractivity contribution < 1.29 is 0 Å². The van der Waals surface area contributed by atoms with Gasteiger partial charge in [0.2, 0.25) is 0 Å². The molecule has 1 aliphatic carbocycles. The highest BCUT2D eigenvalue weighted by atomic mass is 15.1. The van der Waals surface area contributed by atoms with Crippen molar-refractivity contribution in [3.05, 3.63) is 24.0 Å². The first-order valence-electron chi connectivity index (χ1n) is 7.70. The maximum Gasteiger partial charge on any atom is 0.0569 e. The van der Waals surface area contributed by atoms with Crippen LogP contribution in [0.2, 0.25) is 0 Å². The van der Waals surface area contributed by atoms with Crippen LogP contribution in [0.1, 0.15) is 50.8 Å². The molecule has 2 heterocycles. The highest BCUT2D eigenvalue weighted by Crippen LogP contribution is 2.37. The SMILES string of the molecule is C[C@H](N)c1ccc(N2CCC3CCCCC3C2)cn1. The van der Waals surface area contributed by atoms with Crippen LogP contribution < -0.4 is 10.6 Å². The van der Waals surface area contributed by atoms with E-state index < -0.39 is 0 Å². The Kier molecular flexibility index (Phi) is 3.74. The Balaban J connectivity index is 1.69. The third kappa shape index (κ3) is 2.76. The van der Waals surface area contributed by atoms with E-state index in [0.717, 1.165) is 17.5 Å². The summed E-state index contributed by atoms with van der Waals surface area (Å²) in [7, 11) is 0. The molecule has 104 valence electrons. The van der Waals surface area contributed by atoms with E-state index in [4.69, 9.17) is 5.73 Å².